The first-order valence-corrected chi connectivity index (χ1v) is 6.24. The molecule has 0 amide bonds. The second-order valence-corrected chi connectivity index (χ2v) is 4.07. The Labute approximate surface area is 120 Å². The molecular weight excluding hydrogens is 274 g/mol. The highest BCUT2D eigenvalue weighted by molar-refractivity contribution is 5.90. The van der Waals surface area contributed by atoms with Crippen LogP contribution in [-0.2, 0) is 4.74 Å². The van der Waals surface area contributed by atoms with E-state index in [1.165, 1.54) is 18.5 Å². The fraction of sp³-hybridized carbons (Fsp3) is 0.143. The van der Waals surface area contributed by atoms with Crippen LogP contribution in [0.2, 0.25) is 0 Å². The van der Waals surface area contributed by atoms with Gasteiger partial charge in [0.05, 0.1) is 17.1 Å². The van der Waals surface area contributed by atoms with Crippen molar-refractivity contribution in [1.82, 2.24) is 4.98 Å². The molecule has 0 saturated carbocycles. The van der Waals surface area contributed by atoms with E-state index in [-0.39, 0.29) is 5.69 Å². The van der Waals surface area contributed by atoms with E-state index in [1.807, 2.05) is 0 Å². The Balaban J connectivity index is 2.18. The van der Waals surface area contributed by atoms with E-state index in [1.54, 1.807) is 31.2 Å². The van der Waals surface area contributed by atoms with Gasteiger partial charge in [0.25, 0.3) is 0 Å². The van der Waals surface area contributed by atoms with E-state index in [0.29, 0.717) is 23.5 Å². The van der Waals surface area contributed by atoms with Crippen molar-refractivity contribution in [3.8, 4) is 0 Å². The van der Waals surface area contributed by atoms with Crippen molar-refractivity contribution in [2.75, 3.05) is 11.9 Å². The fourth-order valence-electron chi connectivity index (χ4n) is 1.70. The topological polar surface area (TPSA) is 94.4 Å². The molecule has 1 N–H and O–H groups in total. The summed E-state index contributed by atoms with van der Waals surface area (Å²) in [5, 5.41) is 13.8. The van der Waals surface area contributed by atoms with Gasteiger partial charge >= 0.3 is 11.7 Å². The molecule has 0 aliphatic heterocycles. The Morgan fingerprint density at radius 2 is 2.05 bits per heavy atom. The molecule has 0 aliphatic rings. The summed E-state index contributed by atoms with van der Waals surface area (Å²) in [7, 11) is 0. The average Bonchev–Trinajstić information content (AvgIpc) is 2.48. The maximum atomic E-state index is 11.5. The average molecular weight is 287 g/mol. The van der Waals surface area contributed by atoms with Crippen LogP contribution in [0.25, 0.3) is 0 Å². The third kappa shape index (κ3) is 3.53. The first-order chi connectivity index (χ1) is 10.1. The minimum atomic E-state index is -0.512. The molecule has 0 radical (unpaired) electrons. The minimum Gasteiger partial charge on any atom is -0.462 e. The van der Waals surface area contributed by atoms with Gasteiger partial charge in [0.15, 0.2) is 0 Å². The number of hydrogen-bond acceptors (Lipinski definition) is 6. The van der Waals surface area contributed by atoms with Crippen LogP contribution in [0, 0.1) is 10.1 Å². The van der Waals surface area contributed by atoms with Crippen LogP contribution in [0.15, 0.2) is 42.7 Å². The predicted octanol–water partition coefficient (Wildman–Crippen LogP) is 2.91. The maximum absolute atomic E-state index is 11.5. The number of rotatable bonds is 5. The first kappa shape index (κ1) is 14.4. The lowest BCUT2D eigenvalue weighted by Crippen LogP contribution is -2.04. The first-order valence-electron chi connectivity index (χ1n) is 6.24. The Bertz CT molecular complexity index is 656. The summed E-state index contributed by atoms with van der Waals surface area (Å²) in [6, 6.07) is 7.99. The van der Waals surface area contributed by atoms with E-state index in [4.69, 9.17) is 4.74 Å². The number of esters is 1. The number of aromatic nitrogens is 1. The van der Waals surface area contributed by atoms with Crippen LogP contribution < -0.4 is 5.32 Å². The van der Waals surface area contributed by atoms with E-state index in [2.05, 4.69) is 10.3 Å². The molecule has 0 unspecified atom stereocenters. The molecule has 7 nitrogen and oxygen atoms in total. The van der Waals surface area contributed by atoms with Gasteiger partial charge in [0.1, 0.15) is 11.9 Å². The van der Waals surface area contributed by atoms with Crippen LogP contribution in [0.5, 0.6) is 0 Å². The second kappa shape index (κ2) is 6.47. The summed E-state index contributed by atoms with van der Waals surface area (Å²) in [6.45, 7) is 2.04. The second-order valence-electron chi connectivity index (χ2n) is 4.07. The van der Waals surface area contributed by atoms with Crippen LogP contribution in [-0.4, -0.2) is 22.5 Å². The summed E-state index contributed by atoms with van der Waals surface area (Å²) in [5.41, 5.74) is 1.26. The Morgan fingerprint density at radius 3 is 2.67 bits per heavy atom. The van der Waals surface area contributed by atoms with Crippen LogP contribution >= 0.6 is 0 Å². The summed E-state index contributed by atoms with van der Waals surface area (Å²) in [4.78, 5) is 25.6. The zero-order valence-corrected chi connectivity index (χ0v) is 11.3. The number of nitrogens with one attached hydrogen (secondary N) is 1. The SMILES string of the molecule is CCOC(=O)c1ccc(Nc2ccncc2[N+](=O)[O-])cc1. The van der Waals surface area contributed by atoms with Gasteiger partial charge in [0.2, 0.25) is 0 Å². The molecule has 1 aromatic carbocycles. The Morgan fingerprint density at radius 1 is 1.33 bits per heavy atom. The zero-order chi connectivity index (χ0) is 15.2. The quantitative estimate of drug-likeness (QED) is 0.516. The number of benzene rings is 1. The van der Waals surface area contributed by atoms with Gasteiger partial charge in [-0.1, -0.05) is 0 Å². The van der Waals surface area contributed by atoms with E-state index in [0.717, 1.165) is 0 Å². The molecule has 7 heteroatoms. The molecule has 21 heavy (non-hydrogen) atoms. The molecule has 2 aromatic rings. The van der Waals surface area contributed by atoms with E-state index in [9.17, 15) is 14.9 Å². The van der Waals surface area contributed by atoms with Crippen molar-refractivity contribution >= 4 is 23.0 Å². The summed E-state index contributed by atoms with van der Waals surface area (Å²) in [5.74, 6) is -0.404. The van der Waals surface area contributed by atoms with Crippen LogP contribution in [0.1, 0.15) is 17.3 Å². The molecule has 0 atom stereocenters. The summed E-state index contributed by atoms with van der Waals surface area (Å²) in [6.07, 6.45) is 2.64. The monoisotopic (exact) mass is 287 g/mol. The smallest absolute Gasteiger partial charge is 0.338 e. The Kier molecular flexibility index (Phi) is 4.45. The highest BCUT2D eigenvalue weighted by atomic mass is 16.6. The third-order valence-corrected chi connectivity index (χ3v) is 2.67. The third-order valence-electron chi connectivity index (χ3n) is 2.67. The highest BCUT2D eigenvalue weighted by Crippen LogP contribution is 2.26. The van der Waals surface area contributed by atoms with Gasteiger partial charge in [-0.2, -0.15) is 0 Å². The van der Waals surface area contributed by atoms with Gasteiger partial charge in [-0.3, -0.25) is 15.1 Å². The van der Waals surface area contributed by atoms with E-state index >= 15 is 0 Å². The van der Waals surface area contributed by atoms with Crippen molar-refractivity contribution in [3.05, 3.63) is 58.4 Å². The highest BCUT2D eigenvalue weighted by Gasteiger charge is 2.13. The minimum absolute atomic E-state index is 0.119. The van der Waals surface area contributed by atoms with Gasteiger partial charge in [0, 0.05) is 11.9 Å². The predicted molar refractivity (Wildman–Crippen MR) is 76.6 cm³/mol. The maximum Gasteiger partial charge on any atom is 0.338 e. The molecule has 0 saturated heterocycles. The molecule has 108 valence electrons. The number of nitro groups is 1. The Hall–Kier alpha value is -2.96. The van der Waals surface area contributed by atoms with Crippen molar-refractivity contribution in [1.29, 1.82) is 0 Å². The van der Waals surface area contributed by atoms with Gasteiger partial charge < -0.3 is 10.1 Å². The molecule has 1 heterocycles. The number of ether oxygens (including phenoxy) is 1. The lowest BCUT2D eigenvalue weighted by Gasteiger charge is -2.07. The summed E-state index contributed by atoms with van der Waals surface area (Å²) < 4.78 is 4.88. The lowest BCUT2D eigenvalue weighted by molar-refractivity contribution is -0.384. The van der Waals surface area contributed by atoms with Crippen molar-refractivity contribution in [2.24, 2.45) is 0 Å². The number of carbonyl (C=O) groups excluding carboxylic acids is 1. The molecule has 0 fully saturated rings. The molecular formula is C14H13N3O4. The van der Waals surface area contributed by atoms with Crippen molar-refractivity contribution in [3.63, 3.8) is 0 Å². The molecule has 0 bridgehead atoms. The number of hydrogen-bond donors (Lipinski definition) is 1. The van der Waals surface area contributed by atoms with Crippen molar-refractivity contribution < 1.29 is 14.5 Å². The number of nitrogens with zero attached hydrogens (tertiary/aromatic N) is 2. The number of anilines is 2. The van der Waals surface area contributed by atoms with Crippen LogP contribution in [0.3, 0.4) is 0 Å². The normalized spacial score (nSPS) is 9.95. The number of pyridine rings is 1. The van der Waals surface area contributed by atoms with E-state index < -0.39 is 10.9 Å². The van der Waals surface area contributed by atoms with Gasteiger partial charge in [-0.25, -0.2) is 4.79 Å². The van der Waals surface area contributed by atoms with Crippen LogP contribution in [0.4, 0.5) is 17.1 Å². The fourth-order valence-corrected chi connectivity index (χ4v) is 1.70. The largest absolute Gasteiger partial charge is 0.462 e. The summed E-state index contributed by atoms with van der Waals surface area (Å²) >= 11 is 0. The standard InChI is InChI=1S/C14H13N3O4/c1-2-21-14(18)10-3-5-11(6-4-10)16-12-7-8-15-9-13(12)17(19)20/h3-9H,2H2,1H3,(H,15,16). The number of carbonyl (C=O) groups is 1. The van der Waals surface area contributed by atoms with Crippen molar-refractivity contribution in [2.45, 2.75) is 6.92 Å². The zero-order valence-electron chi connectivity index (χ0n) is 11.3. The van der Waals surface area contributed by atoms with Gasteiger partial charge in [-0.15, -0.1) is 0 Å². The molecule has 1 aromatic heterocycles. The lowest BCUT2D eigenvalue weighted by atomic mass is 10.2. The molecule has 0 aliphatic carbocycles. The molecule has 0 spiro atoms. The van der Waals surface area contributed by atoms with Gasteiger partial charge in [-0.05, 0) is 37.3 Å². The molecule has 2 rings (SSSR count).